The minimum atomic E-state index is -0.513. The third-order valence-electron chi connectivity index (χ3n) is 3.35. The van der Waals surface area contributed by atoms with Crippen LogP contribution in [-0.4, -0.2) is 26.4 Å². The van der Waals surface area contributed by atoms with Gasteiger partial charge in [-0.05, 0) is 31.0 Å². The molecule has 1 aromatic heterocycles. The van der Waals surface area contributed by atoms with Gasteiger partial charge >= 0.3 is 0 Å². The van der Waals surface area contributed by atoms with E-state index < -0.39 is 5.82 Å². The fraction of sp³-hybridized carbons (Fsp3) is 0.357. The monoisotopic (exact) mass is 340 g/mol. The standard InChI is InChI=1S/C14H14ClFN4OS/c1-20-13(8-2-3-8)18-19-14(20)22-7-12(21)17-9-4-5-11(16)10(15)6-9/h4-6,8H,2-3,7H2,1H3,(H,17,21). The zero-order chi connectivity index (χ0) is 15.7. The molecule has 1 N–H and O–H groups in total. The van der Waals surface area contributed by atoms with E-state index in [0.29, 0.717) is 16.8 Å². The highest BCUT2D eigenvalue weighted by Crippen LogP contribution is 2.39. The SMILES string of the molecule is Cn1c(SCC(=O)Nc2ccc(F)c(Cl)c2)nnc1C1CC1. The molecule has 0 aliphatic heterocycles. The normalized spacial score (nSPS) is 14.1. The molecule has 1 heterocycles. The third-order valence-corrected chi connectivity index (χ3v) is 4.66. The van der Waals surface area contributed by atoms with Crippen LogP contribution >= 0.6 is 23.4 Å². The lowest BCUT2D eigenvalue weighted by atomic mass is 10.3. The highest BCUT2D eigenvalue weighted by molar-refractivity contribution is 7.99. The zero-order valence-electron chi connectivity index (χ0n) is 11.8. The van der Waals surface area contributed by atoms with Crippen LogP contribution in [0.1, 0.15) is 24.6 Å². The van der Waals surface area contributed by atoms with E-state index in [0.717, 1.165) is 18.7 Å². The van der Waals surface area contributed by atoms with Crippen LogP contribution < -0.4 is 5.32 Å². The summed E-state index contributed by atoms with van der Waals surface area (Å²) in [5, 5.41) is 11.6. The molecule has 5 nitrogen and oxygen atoms in total. The van der Waals surface area contributed by atoms with Gasteiger partial charge in [0.1, 0.15) is 11.6 Å². The van der Waals surface area contributed by atoms with Gasteiger partial charge in [-0.3, -0.25) is 4.79 Å². The molecule has 0 saturated heterocycles. The van der Waals surface area contributed by atoms with Crippen molar-refractivity contribution in [2.24, 2.45) is 7.05 Å². The van der Waals surface area contributed by atoms with Crippen molar-refractivity contribution in [2.75, 3.05) is 11.1 Å². The number of carbonyl (C=O) groups excluding carboxylic acids is 1. The molecule has 1 amide bonds. The van der Waals surface area contributed by atoms with Crippen molar-refractivity contribution in [1.82, 2.24) is 14.8 Å². The molecule has 2 aromatic rings. The number of hydrogen-bond donors (Lipinski definition) is 1. The predicted octanol–water partition coefficient (Wildman–Crippen LogP) is 3.22. The second-order valence-electron chi connectivity index (χ2n) is 5.14. The largest absolute Gasteiger partial charge is 0.325 e. The van der Waals surface area contributed by atoms with E-state index in [1.807, 2.05) is 11.6 Å². The first-order valence-electron chi connectivity index (χ1n) is 6.81. The first-order chi connectivity index (χ1) is 10.5. The van der Waals surface area contributed by atoms with E-state index in [1.54, 1.807) is 0 Å². The summed E-state index contributed by atoms with van der Waals surface area (Å²) in [5.74, 6) is 0.977. The van der Waals surface area contributed by atoms with Gasteiger partial charge in [0.25, 0.3) is 0 Å². The quantitative estimate of drug-likeness (QED) is 0.849. The Kier molecular flexibility index (Phi) is 4.35. The predicted molar refractivity (Wildman–Crippen MR) is 83.7 cm³/mol. The van der Waals surface area contributed by atoms with Crippen molar-refractivity contribution in [3.05, 3.63) is 34.9 Å². The van der Waals surface area contributed by atoms with Crippen LogP contribution in [0.2, 0.25) is 5.02 Å². The summed E-state index contributed by atoms with van der Waals surface area (Å²) >= 11 is 6.99. The number of nitrogens with zero attached hydrogens (tertiary/aromatic N) is 3. The Balaban J connectivity index is 1.56. The van der Waals surface area contributed by atoms with E-state index in [2.05, 4.69) is 15.5 Å². The Morgan fingerprint density at radius 3 is 2.95 bits per heavy atom. The van der Waals surface area contributed by atoms with E-state index >= 15 is 0 Å². The Morgan fingerprint density at radius 1 is 1.50 bits per heavy atom. The highest BCUT2D eigenvalue weighted by atomic mass is 35.5. The number of amides is 1. The Morgan fingerprint density at radius 2 is 2.27 bits per heavy atom. The number of halogens is 2. The molecule has 8 heteroatoms. The molecule has 1 aromatic carbocycles. The fourth-order valence-corrected chi connectivity index (χ4v) is 2.95. The average molecular weight is 341 g/mol. The Labute approximate surface area is 136 Å². The lowest BCUT2D eigenvalue weighted by molar-refractivity contribution is -0.113. The highest BCUT2D eigenvalue weighted by Gasteiger charge is 2.29. The summed E-state index contributed by atoms with van der Waals surface area (Å²) in [5.41, 5.74) is 0.466. The fourth-order valence-electron chi connectivity index (χ4n) is 2.05. The molecule has 0 radical (unpaired) electrons. The summed E-state index contributed by atoms with van der Waals surface area (Å²) < 4.78 is 15.0. The molecule has 116 valence electrons. The molecule has 22 heavy (non-hydrogen) atoms. The van der Waals surface area contributed by atoms with Gasteiger partial charge in [0.15, 0.2) is 5.16 Å². The summed E-state index contributed by atoms with van der Waals surface area (Å²) in [4.78, 5) is 11.9. The van der Waals surface area contributed by atoms with Gasteiger partial charge in [-0.15, -0.1) is 10.2 Å². The summed E-state index contributed by atoms with van der Waals surface area (Å²) in [6, 6.07) is 4.07. The van der Waals surface area contributed by atoms with Gasteiger partial charge in [-0.25, -0.2) is 4.39 Å². The first-order valence-corrected chi connectivity index (χ1v) is 8.18. The third kappa shape index (κ3) is 3.41. The van der Waals surface area contributed by atoms with Gasteiger partial charge in [-0.2, -0.15) is 0 Å². The lowest BCUT2D eigenvalue weighted by Crippen LogP contribution is -2.14. The molecule has 0 atom stereocenters. The number of nitrogens with one attached hydrogen (secondary N) is 1. The Hall–Kier alpha value is -1.60. The van der Waals surface area contributed by atoms with E-state index in [1.165, 1.54) is 30.0 Å². The van der Waals surface area contributed by atoms with Gasteiger partial charge in [0.05, 0.1) is 10.8 Å². The van der Waals surface area contributed by atoms with Crippen LogP contribution in [0, 0.1) is 5.82 Å². The number of aromatic nitrogens is 3. The van der Waals surface area contributed by atoms with E-state index in [-0.39, 0.29) is 16.7 Å². The van der Waals surface area contributed by atoms with E-state index in [9.17, 15) is 9.18 Å². The van der Waals surface area contributed by atoms with Gasteiger partial charge in [0, 0.05) is 18.7 Å². The van der Waals surface area contributed by atoms with Crippen LogP contribution in [0.4, 0.5) is 10.1 Å². The number of hydrogen-bond acceptors (Lipinski definition) is 4. The Bertz CT molecular complexity index is 717. The molecule has 3 rings (SSSR count). The maximum Gasteiger partial charge on any atom is 0.234 e. The summed E-state index contributed by atoms with van der Waals surface area (Å²) in [7, 11) is 1.91. The number of anilines is 1. The lowest BCUT2D eigenvalue weighted by Gasteiger charge is -2.06. The summed E-state index contributed by atoms with van der Waals surface area (Å²) in [6.07, 6.45) is 2.31. The molecule has 1 fully saturated rings. The van der Waals surface area contributed by atoms with Crippen LogP contribution in [0.5, 0.6) is 0 Å². The maximum absolute atomic E-state index is 13.1. The van der Waals surface area contributed by atoms with Gasteiger partial charge in [-0.1, -0.05) is 23.4 Å². The zero-order valence-corrected chi connectivity index (χ0v) is 13.4. The molecular weight excluding hydrogens is 327 g/mol. The van der Waals surface area contributed by atoms with Crippen LogP contribution in [-0.2, 0) is 11.8 Å². The van der Waals surface area contributed by atoms with Crippen molar-refractivity contribution >= 4 is 35.0 Å². The number of rotatable bonds is 5. The van der Waals surface area contributed by atoms with Gasteiger partial charge < -0.3 is 9.88 Å². The molecule has 1 aliphatic rings. The number of carbonyl (C=O) groups is 1. The van der Waals surface area contributed by atoms with Crippen molar-refractivity contribution < 1.29 is 9.18 Å². The van der Waals surface area contributed by atoms with Crippen LogP contribution in [0.15, 0.2) is 23.4 Å². The second-order valence-corrected chi connectivity index (χ2v) is 6.49. The topological polar surface area (TPSA) is 59.8 Å². The van der Waals surface area contributed by atoms with E-state index in [4.69, 9.17) is 11.6 Å². The number of benzene rings is 1. The smallest absolute Gasteiger partial charge is 0.234 e. The van der Waals surface area contributed by atoms with Crippen LogP contribution in [0.3, 0.4) is 0 Å². The van der Waals surface area contributed by atoms with Crippen LogP contribution in [0.25, 0.3) is 0 Å². The molecule has 0 spiro atoms. The summed E-state index contributed by atoms with van der Waals surface area (Å²) in [6.45, 7) is 0. The van der Waals surface area contributed by atoms with Crippen molar-refractivity contribution in [2.45, 2.75) is 23.9 Å². The van der Waals surface area contributed by atoms with Gasteiger partial charge in [0.2, 0.25) is 5.91 Å². The number of thioether (sulfide) groups is 1. The second kappa shape index (κ2) is 6.26. The minimum absolute atomic E-state index is 0.0205. The maximum atomic E-state index is 13.1. The van der Waals surface area contributed by atoms with Crippen molar-refractivity contribution in [3.63, 3.8) is 0 Å². The molecule has 0 unspecified atom stereocenters. The first kappa shape index (κ1) is 15.3. The molecule has 0 bridgehead atoms. The minimum Gasteiger partial charge on any atom is -0.325 e. The average Bonchev–Trinajstić information content (AvgIpc) is 3.25. The molecular formula is C14H14ClFN4OS. The van der Waals surface area contributed by atoms with Crippen molar-refractivity contribution in [3.8, 4) is 0 Å². The van der Waals surface area contributed by atoms with Crippen molar-refractivity contribution in [1.29, 1.82) is 0 Å². The molecule has 1 saturated carbocycles. The molecule has 1 aliphatic carbocycles.